The van der Waals surface area contributed by atoms with Gasteiger partial charge in [-0.3, -0.25) is 9.69 Å². The molecule has 5 heteroatoms. The molecule has 1 aliphatic heterocycles. The summed E-state index contributed by atoms with van der Waals surface area (Å²) >= 11 is 0. The van der Waals surface area contributed by atoms with E-state index in [2.05, 4.69) is 15.5 Å². The van der Waals surface area contributed by atoms with Crippen LogP contribution in [0.4, 0.5) is 0 Å². The number of hydrogen-bond donors (Lipinski definition) is 2. The van der Waals surface area contributed by atoms with E-state index in [1.807, 2.05) is 6.92 Å². The summed E-state index contributed by atoms with van der Waals surface area (Å²) in [5.74, 6) is -0.0106. The van der Waals surface area contributed by atoms with Gasteiger partial charge >= 0.3 is 0 Å². The average Bonchev–Trinajstić information content (AvgIpc) is 2.31. The Kier molecular flexibility index (Phi) is 7.12. The first-order chi connectivity index (χ1) is 7.83. The first-order valence-electron chi connectivity index (χ1n) is 6.10. The number of carbonyl (C=O) groups excluding carboxylic acids is 1. The first kappa shape index (κ1) is 13.4. The molecule has 0 saturated carbocycles. The van der Waals surface area contributed by atoms with Gasteiger partial charge in [0.15, 0.2) is 0 Å². The minimum absolute atomic E-state index is 0.0106. The maximum atomic E-state index is 11.3. The zero-order valence-electron chi connectivity index (χ0n) is 10.1. The third-order valence-corrected chi connectivity index (χ3v) is 2.54. The lowest BCUT2D eigenvalue weighted by Gasteiger charge is -2.27. The number of nitrogens with zero attached hydrogens (tertiary/aromatic N) is 1. The molecule has 0 aromatic heterocycles. The van der Waals surface area contributed by atoms with Gasteiger partial charge in [0.05, 0.1) is 0 Å². The summed E-state index contributed by atoms with van der Waals surface area (Å²) in [6.07, 6.45) is 0.952. The minimum atomic E-state index is -0.0106. The van der Waals surface area contributed by atoms with E-state index in [1.165, 1.54) is 0 Å². The van der Waals surface area contributed by atoms with Crippen molar-refractivity contribution in [3.63, 3.8) is 0 Å². The Hall–Kier alpha value is -0.650. The monoisotopic (exact) mass is 229 g/mol. The van der Waals surface area contributed by atoms with Gasteiger partial charge in [0.1, 0.15) is 6.61 Å². The standard InChI is InChI=1S/C11H23N3O2/c1-2-9-16-10-11(15)13-5-8-14-6-3-12-4-7-14/h12H,2-10H2,1H3,(H,13,15). The normalized spacial score (nSPS) is 17.3. The van der Waals surface area contributed by atoms with Crippen LogP contribution in [0, 0.1) is 0 Å². The SMILES string of the molecule is CCCOCC(=O)NCCN1CCNCC1. The van der Waals surface area contributed by atoms with Crippen LogP contribution in [0.25, 0.3) is 0 Å². The number of carbonyl (C=O) groups is 1. The van der Waals surface area contributed by atoms with E-state index in [0.717, 1.165) is 39.1 Å². The predicted molar refractivity (Wildman–Crippen MR) is 63.4 cm³/mol. The molecule has 1 heterocycles. The van der Waals surface area contributed by atoms with Crippen molar-refractivity contribution in [1.82, 2.24) is 15.5 Å². The van der Waals surface area contributed by atoms with Gasteiger partial charge in [-0.15, -0.1) is 0 Å². The highest BCUT2D eigenvalue weighted by atomic mass is 16.5. The van der Waals surface area contributed by atoms with Crippen molar-refractivity contribution in [2.24, 2.45) is 0 Å². The number of hydrogen-bond acceptors (Lipinski definition) is 4. The zero-order valence-corrected chi connectivity index (χ0v) is 10.1. The fraction of sp³-hybridized carbons (Fsp3) is 0.909. The molecule has 1 rings (SSSR count). The summed E-state index contributed by atoms with van der Waals surface area (Å²) in [6.45, 7) is 8.77. The summed E-state index contributed by atoms with van der Waals surface area (Å²) in [6, 6.07) is 0. The van der Waals surface area contributed by atoms with Gasteiger partial charge in [0.25, 0.3) is 0 Å². The molecule has 1 fully saturated rings. The summed E-state index contributed by atoms with van der Waals surface area (Å²) in [5.41, 5.74) is 0. The third-order valence-electron chi connectivity index (χ3n) is 2.54. The van der Waals surface area contributed by atoms with Crippen LogP contribution >= 0.6 is 0 Å². The Balaban J connectivity index is 1.94. The van der Waals surface area contributed by atoms with Crippen molar-refractivity contribution in [2.75, 3.05) is 52.5 Å². The molecule has 0 unspecified atom stereocenters. The quantitative estimate of drug-likeness (QED) is 0.574. The molecule has 0 aromatic carbocycles. The largest absolute Gasteiger partial charge is 0.372 e. The van der Waals surface area contributed by atoms with Crippen LogP contribution in [0.3, 0.4) is 0 Å². The van der Waals surface area contributed by atoms with Crippen LogP contribution < -0.4 is 10.6 Å². The van der Waals surface area contributed by atoms with E-state index in [1.54, 1.807) is 0 Å². The van der Waals surface area contributed by atoms with Crippen molar-refractivity contribution < 1.29 is 9.53 Å². The van der Waals surface area contributed by atoms with Gasteiger partial charge in [0.2, 0.25) is 5.91 Å². The highest BCUT2D eigenvalue weighted by Gasteiger charge is 2.09. The molecule has 0 bridgehead atoms. The van der Waals surface area contributed by atoms with Crippen LogP contribution in [0.1, 0.15) is 13.3 Å². The summed E-state index contributed by atoms with van der Waals surface area (Å²) in [7, 11) is 0. The van der Waals surface area contributed by atoms with Crippen molar-refractivity contribution in [2.45, 2.75) is 13.3 Å². The Morgan fingerprint density at radius 2 is 2.19 bits per heavy atom. The number of piperazine rings is 1. The first-order valence-corrected chi connectivity index (χ1v) is 6.10. The maximum absolute atomic E-state index is 11.3. The van der Waals surface area contributed by atoms with Gasteiger partial charge in [-0.1, -0.05) is 6.92 Å². The molecule has 1 saturated heterocycles. The lowest BCUT2D eigenvalue weighted by Crippen LogP contribution is -2.46. The van der Waals surface area contributed by atoms with Gasteiger partial charge < -0.3 is 15.4 Å². The van der Waals surface area contributed by atoms with E-state index in [0.29, 0.717) is 13.2 Å². The Labute approximate surface area is 97.5 Å². The molecule has 0 radical (unpaired) electrons. The number of amides is 1. The van der Waals surface area contributed by atoms with Crippen molar-refractivity contribution in [3.05, 3.63) is 0 Å². The molecule has 0 aliphatic carbocycles. The topological polar surface area (TPSA) is 53.6 Å². The van der Waals surface area contributed by atoms with Crippen LogP contribution in [0.2, 0.25) is 0 Å². The molecule has 94 valence electrons. The number of ether oxygens (including phenoxy) is 1. The van der Waals surface area contributed by atoms with Crippen LogP contribution in [-0.4, -0.2) is 63.3 Å². The van der Waals surface area contributed by atoms with E-state index in [-0.39, 0.29) is 12.5 Å². The van der Waals surface area contributed by atoms with E-state index >= 15 is 0 Å². The Morgan fingerprint density at radius 3 is 2.88 bits per heavy atom. The molecular formula is C11H23N3O2. The second-order valence-electron chi connectivity index (χ2n) is 3.99. The van der Waals surface area contributed by atoms with Gasteiger partial charge in [0, 0.05) is 45.9 Å². The van der Waals surface area contributed by atoms with E-state index < -0.39 is 0 Å². The summed E-state index contributed by atoms with van der Waals surface area (Å²) in [4.78, 5) is 13.6. The molecule has 1 amide bonds. The lowest BCUT2D eigenvalue weighted by atomic mass is 10.3. The molecule has 0 aromatic rings. The molecule has 5 nitrogen and oxygen atoms in total. The average molecular weight is 229 g/mol. The lowest BCUT2D eigenvalue weighted by molar-refractivity contribution is -0.125. The fourth-order valence-corrected chi connectivity index (χ4v) is 1.65. The van der Waals surface area contributed by atoms with Crippen molar-refractivity contribution in [3.8, 4) is 0 Å². The molecule has 16 heavy (non-hydrogen) atoms. The minimum Gasteiger partial charge on any atom is -0.372 e. The third kappa shape index (κ3) is 6.05. The zero-order chi connectivity index (χ0) is 11.6. The Bertz CT molecular complexity index is 194. The van der Waals surface area contributed by atoms with Gasteiger partial charge in [-0.05, 0) is 6.42 Å². The second kappa shape index (κ2) is 8.50. The van der Waals surface area contributed by atoms with Crippen molar-refractivity contribution in [1.29, 1.82) is 0 Å². The predicted octanol–water partition coefficient (Wildman–Crippen LogP) is -0.566. The molecule has 1 aliphatic rings. The maximum Gasteiger partial charge on any atom is 0.246 e. The fourth-order valence-electron chi connectivity index (χ4n) is 1.65. The van der Waals surface area contributed by atoms with Crippen LogP contribution in [-0.2, 0) is 9.53 Å². The van der Waals surface area contributed by atoms with Crippen LogP contribution in [0.15, 0.2) is 0 Å². The number of rotatable bonds is 7. The van der Waals surface area contributed by atoms with E-state index in [4.69, 9.17) is 4.74 Å². The molecule has 0 atom stereocenters. The molecule has 0 spiro atoms. The second-order valence-corrected chi connectivity index (χ2v) is 3.99. The van der Waals surface area contributed by atoms with Crippen LogP contribution in [0.5, 0.6) is 0 Å². The van der Waals surface area contributed by atoms with Crippen molar-refractivity contribution >= 4 is 5.91 Å². The highest BCUT2D eigenvalue weighted by molar-refractivity contribution is 5.77. The van der Waals surface area contributed by atoms with E-state index in [9.17, 15) is 4.79 Å². The van der Waals surface area contributed by atoms with Gasteiger partial charge in [-0.25, -0.2) is 0 Å². The summed E-state index contributed by atoms with van der Waals surface area (Å²) in [5, 5.41) is 6.16. The molecular weight excluding hydrogens is 206 g/mol. The van der Waals surface area contributed by atoms with Gasteiger partial charge in [-0.2, -0.15) is 0 Å². The number of nitrogens with one attached hydrogen (secondary N) is 2. The highest BCUT2D eigenvalue weighted by Crippen LogP contribution is 1.89. The molecule has 2 N–H and O–H groups in total. The summed E-state index contributed by atoms with van der Waals surface area (Å²) < 4.78 is 5.15. The smallest absolute Gasteiger partial charge is 0.246 e. The Morgan fingerprint density at radius 1 is 1.44 bits per heavy atom.